The quantitative estimate of drug-likeness (QED) is 0.598. The Morgan fingerprint density at radius 2 is 1.94 bits per heavy atom. The maximum atomic E-state index is 13.0. The predicted octanol–water partition coefficient (Wildman–Crippen LogP) is 4.24. The summed E-state index contributed by atoms with van der Waals surface area (Å²) in [6.07, 6.45) is 3.48. The number of aromatic nitrogens is 4. The van der Waals surface area contributed by atoms with Crippen molar-refractivity contribution >= 4 is 34.5 Å². The lowest BCUT2D eigenvalue weighted by Crippen LogP contribution is -2.45. The molecule has 1 aliphatic rings. The van der Waals surface area contributed by atoms with Gasteiger partial charge in [-0.3, -0.25) is 9.36 Å². The molecule has 1 unspecified atom stereocenters. The number of nitrogens with one attached hydrogen (secondary N) is 1. The number of nitrogens with zero attached hydrogens (tertiary/aromatic N) is 6. The van der Waals surface area contributed by atoms with Crippen LogP contribution in [0.25, 0.3) is 11.2 Å². The van der Waals surface area contributed by atoms with Crippen LogP contribution >= 0.6 is 0 Å². The van der Waals surface area contributed by atoms with Gasteiger partial charge in [-0.15, -0.1) is 0 Å². The number of carbonyl (C=O) groups excluding carboxylic acids is 1. The minimum atomic E-state index is -0.00271. The molecule has 2 aromatic heterocycles. The number of hydrogen-bond donors (Lipinski definition) is 1. The molecule has 0 spiro atoms. The van der Waals surface area contributed by atoms with E-state index in [0.29, 0.717) is 12.4 Å². The van der Waals surface area contributed by atoms with Crippen LogP contribution in [-0.4, -0.2) is 56.5 Å². The third-order valence-electron chi connectivity index (χ3n) is 6.14. The summed E-state index contributed by atoms with van der Waals surface area (Å²) in [5.74, 6) is 1.80. The van der Waals surface area contributed by atoms with E-state index in [-0.39, 0.29) is 17.9 Å². The van der Waals surface area contributed by atoms with Gasteiger partial charge in [-0.2, -0.15) is 0 Å². The molecule has 1 fully saturated rings. The minimum Gasteiger partial charge on any atom is -0.343 e. The Morgan fingerprint density at radius 1 is 1.19 bits per heavy atom. The van der Waals surface area contributed by atoms with Gasteiger partial charge in [0.1, 0.15) is 6.33 Å². The maximum Gasteiger partial charge on any atom is 0.227 e. The van der Waals surface area contributed by atoms with Gasteiger partial charge in [-0.25, -0.2) is 15.0 Å². The van der Waals surface area contributed by atoms with Crippen molar-refractivity contribution < 1.29 is 4.79 Å². The van der Waals surface area contributed by atoms with Gasteiger partial charge >= 0.3 is 0 Å². The molecule has 1 N–H and O–H groups in total. The van der Waals surface area contributed by atoms with E-state index in [1.54, 1.807) is 6.33 Å². The number of imidazole rings is 1. The van der Waals surface area contributed by atoms with E-state index in [0.717, 1.165) is 55.3 Å². The minimum absolute atomic E-state index is 0.00271. The highest BCUT2D eigenvalue weighted by Gasteiger charge is 2.31. The average Bonchev–Trinajstić information content (AvgIpc) is 3.22. The van der Waals surface area contributed by atoms with Crippen LogP contribution in [0.15, 0.2) is 36.7 Å². The molecule has 1 amide bonds. The van der Waals surface area contributed by atoms with Crippen LogP contribution in [0, 0.1) is 5.92 Å². The molecule has 3 aromatic rings. The summed E-state index contributed by atoms with van der Waals surface area (Å²) in [5, 5.41) is 3.38. The van der Waals surface area contributed by atoms with Crippen LogP contribution in [0.3, 0.4) is 0 Å². The molecule has 8 heteroatoms. The Bertz CT molecular complexity index is 1060. The summed E-state index contributed by atoms with van der Waals surface area (Å²) in [4.78, 5) is 31.3. The van der Waals surface area contributed by atoms with Gasteiger partial charge in [-0.05, 0) is 52.7 Å². The van der Waals surface area contributed by atoms with Gasteiger partial charge in [0.2, 0.25) is 11.9 Å². The maximum absolute atomic E-state index is 13.0. The number of hydrogen-bond acceptors (Lipinski definition) is 6. The number of piperidine rings is 1. The zero-order valence-electron chi connectivity index (χ0n) is 19.5. The second-order valence-electron chi connectivity index (χ2n) is 8.56. The van der Waals surface area contributed by atoms with Crippen LogP contribution in [0.5, 0.6) is 0 Å². The van der Waals surface area contributed by atoms with Crippen LogP contribution < -0.4 is 10.2 Å². The topological polar surface area (TPSA) is 79.2 Å². The number of amides is 1. The number of benzene rings is 1. The lowest BCUT2D eigenvalue weighted by molar-refractivity contribution is -0.135. The van der Waals surface area contributed by atoms with E-state index in [4.69, 9.17) is 4.98 Å². The van der Waals surface area contributed by atoms with Gasteiger partial charge in [0.15, 0.2) is 17.0 Å². The average molecular weight is 436 g/mol. The number of anilines is 3. The fourth-order valence-electron chi connectivity index (χ4n) is 4.50. The van der Waals surface area contributed by atoms with Crippen molar-refractivity contribution in [2.24, 2.45) is 5.92 Å². The summed E-state index contributed by atoms with van der Waals surface area (Å²) in [6.45, 7) is 11.4. The van der Waals surface area contributed by atoms with Gasteiger partial charge in [0, 0.05) is 37.9 Å². The first-order valence-electron chi connectivity index (χ1n) is 11.6. The fourth-order valence-corrected chi connectivity index (χ4v) is 4.50. The second-order valence-corrected chi connectivity index (χ2v) is 8.56. The smallest absolute Gasteiger partial charge is 0.227 e. The van der Waals surface area contributed by atoms with Gasteiger partial charge in [0.05, 0.1) is 5.92 Å². The highest BCUT2D eigenvalue weighted by atomic mass is 16.2. The monoisotopic (exact) mass is 435 g/mol. The highest BCUT2D eigenvalue weighted by Crippen LogP contribution is 2.32. The van der Waals surface area contributed by atoms with Crippen LogP contribution in [0.2, 0.25) is 0 Å². The third-order valence-corrected chi connectivity index (χ3v) is 6.14. The number of fused-ring (bicyclic) bond motifs is 1. The van der Waals surface area contributed by atoms with Crippen molar-refractivity contribution in [3.63, 3.8) is 0 Å². The first-order chi connectivity index (χ1) is 15.5. The Labute approximate surface area is 189 Å². The Morgan fingerprint density at radius 3 is 2.62 bits per heavy atom. The summed E-state index contributed by atoms with van der Waals surface area (Å²) < 4.78 is 2.16. The first kappa shape index (κ1) is 22.0. The lowest BCUT2D eigenvalue weighted by Gasteiger charge is -2.35. The largest absolute Gasteiger partial charge is 0.343 e. The summed E-state index contributed by atoms with van der Waals surface area (Å²) in [5.41, 5.74) is 2.51. The molecular weight excluding hydrogens is 402 g/mol. The van der Waals surface area contributed by atoms with Crippen molar-refractivity contribution in [2.45, 2.75) is 46.6 Å². The Balaban J connectivity index is 1.69. The number of rotatable bonds is 7. The zero-order chi connectivity index (χ0) is 22.7. The molecule has 3 heterocycles. The fraction of sp³-hybridized carbons (Fsp3) is 0.500. The number of para-hydroxylation sites is 1. The Kier molecular flexibility index (Phi) is 6.58. The molecule has 1 atom stereocenters. The van der Waals surface area contributed by atoms with E-state index < -0.39 is 0 Å². The van der Waals surface area contributed by atoms with E-state index in [1.165, 1.54) is 0 Å². The molecule has 0 bridgehead atoms. The zero-order valence-corrected chi connectivity index (χ0v) is 19.5. The van der Waals surface area contributed by atoms with Gasteiger partial charge < -0.3 is 15.1 Å². The van der Waals surface area contributed by atoms with Crippen molar-refractivity contribution in [3.8, 4) is 0 Å². The van der Waals surface area contributed by atoms with E-state index in [2.05, 4.69) is 38.6 Å². The molecule has 1 saturated heterocycles. The van der Waals surface area contributed by atoms with E-state index in [1.807, 2.05) is 49.1 Å². The van der Waals surface area contributed by atoms with Crippen molar-refractivity contribution in [1.82, 2.24) is 24.4 Å². The predicted molar refractivity (Wildman–Crippen MR) is 128 cm³/mol. The van der Waals surface area contributed by atoms with E-state index in [9.17, 15) is 4.79 Å². The lowest BCUT2D eigenvalue weighted by atomic mass is 9.96. The molecule has 32 heavy (non-hydrogen) atoms. The SMILES string of the molecule is CCN(CC)C(=O)C1CCCN(c2nc3c(Nc4ccccc4)ncnc3n2C(C)C)C1. The van der Waals surface area contributed by atoms with Gasteiger partial charge in [0.25, 0.3) is 0 Å². The van der Waals surface area contributed by atoms with Crippen LogP contribution in [0.1, 0.15) is 46.6 Å². The van der Waals surface area contributed by atoms with Crippen molar-refractivity contribution in [2.75, 3.05) is 36.4 Å². The van der Waals surface area contributed by atoms with Crippen LogP contribution in [0.4, 0.5) is 17.5 Å². The molecule has 170 valence electrons. The van der Waals surface area contributed by atoms with E-state index >= 15 is 0 Å². The Hall–Kier alpha value is -3.16. The highest BCUT2D eigenvalue weighted by molar-refractivity contribution is 5.87. The summed E-state index contributed by atoms with van der Waals surface area (Å²) in [6, 6.07) is 10.1. The number of carbonyl (C=O) groups is 1. The standard InChI is InChI=1S/C24H33N7O/c1-5-29(6-2)23(32)18-11-10-14-30(15-18)24-28-20-21(27-19-12-8-7-9-13-19)25-16-26-22(20)31(24)17(3)4/h7-9,12-13,16-18H,5-6,10-11,14-15H2,1-4H3,(H,25,26,27). The molecule has 1 aromatic carbocycles. The second kappa shape index (κ2) is 9.54. The molecule has 4 rings (SSSR count). The normalized spacial score (nSPS) is 16.5. The molecule has 0 aliphatic carbocycles. The van der Waals surface area contributed by atoms with Gasteiger partial charge in [-0.1, -0.05) is 18.2 Å². The third kappa shape index (κ3) is 4.26. The molecule has 8 nitrogen and oxygen atoms in total. The molecule has 0 saturated carbocycles. The molecular formula is C24H33N7O. The molecule has 1 aliphatic heterocycles. The van der Waals surface area contributed by atoms with Crippen molar-refractivity contribution in [1.29, 1.82) is 0 Å². The molecule has 0 radical (unpaired) electrons. The summed E-state index contributed by atoms with van der Waals surface area (Å²) >= 11 is 0. The van der Waals surface area contributed by atoms with Crippen molar-refractivity contribution in [3.05, 3.63) is 36.7 Å². The first-order valence-corrected chi connectivity index (χ1v) is 11.6. The van der Waals surface area contributed by atoms with Crippen LogP contribution in [-0.2, 0) is 4.79 Å². The summed E-state index contributed by atoms with van der Waals surface area (Å²) in [7, 11) is 0.